The summed E-state index contributed by atoms with van der Waals surface area (Å²) in [6.07, 6.45) is 0. The molecule has 0 heterocycles. The summed E-state index contributed by atoms with van der Waals surface area (Å²) in [7, 11) is 0. The van der Waals surface area contributed by atoms with Crippen molar-refractivity contribution < 1.29 is 58.0 Å². The van der Waals surface area contributed by atoms with Crippen LogP contribution in [0.4, 0.5) is 0 Å². The zero-order chi connectivity index (χ0) is 29.4. The molecule has 13 heteroatoms. The molecule has 0 spiro atoms. The number of aromatic carboxylic acids is 1. The predicted molar refractivity (Wildman–Crippen MR) is 141 cm³/mol. The monoisotopic (exact) mass is 582 g/mol. The van der Waals surface area contributed by atoms with Gasteiger partial charge in [0.15, 0.2) is 5.75 Å². The lowest BCUT2D eigenvalue weighted by atomic mass is 10.1. The number of carboxylic acid groups (broad SMARTS) is 1. The van der Waals surface area contributed by atoms with Crippen LogP contribution in [-0.2, 0) is 34.1 Å². The number of esters is 1. The fraction of sp³-hybridized carbons (Fsp3) is 0.0714. The van der Waals surface area contributed by atoms with Crippen molar-refractivity contribution in [3.63, 3.8) is 0 Å². The van der Waals surface area contributed by atoms with Crippen molar-refractivity contribution in [2.75, 3.05) is 0 Å². The van der Waals surface area contributed by atoms with E-state index in [1.165, 1.54) is 48.5 Å². The molecule has 0 fully saturated rings. The van der Waals surface area contributed by atoms with Gasteiger partial charge in [0.1, 0.15) is 36.2 Å². The standard InChI is InChI=1S/C28H22O12S/c29-19-8-7-17(15-36-34)18(11-19)16-37-39-22-4-1-5-23(13-22)40-41(35)24-6-2-3-21(14-24)38-28(33)26-12-20(30)9-10-25(26)27(31)32/h1-14,29-30,34H,15-16H2,(H,31,32). The van der Waals surface area contributed by atoms with Crippen LogP contribution in [0, 0.1) is 0 Å². The SMILES string of the molecule is O=C(O)c1ccc(O)cc1C(=O)Oc1cccc(S(=O)Oc2cccc(OOCc3cc(O)ccc3COO)c2)c1. The van der Waals surface area contributed by atoms with Gasteiger partial charge in [0.2, 0.25) is 11.1 Å². The van der Waals surface area contributed by atoms with Gasteiger partial charge in [0, 0.05) is 12.1 Å². The van der Waals surface area contributed by atoms with E-state index >= 15 is 0 Å². The molecule has 0 aliphatic rings. The summed E-state index contributed by atoms with van der Waals surface area (Å²) < 4.78 is 23.6. The highest BCUT2D eigenvalue weighted by Gasteiger charge is 2.20. The predicted octanol–water partition coefficient (Wildman–Crippen LogP) is 4.62. The van der Waals surface area contributed by atoms with Crippen LogP contribution in [0.15, 0.2) is 89.8 Å². The lowest BCUT2D eigenvalue weighted by molar-refractivity contribution is -0.253. The molecule has 0 saturated heterocycles. The van der Waals surface area contributed by atoms with E-state index in [2.05, 4.69) is 4.89 Å². The highest BCUT2D eigenvalue weighted by atomic mass is 32.2. The first-order valence-corrected chi connectivity index (χ1v) is 12.8. The van der Waals surface area contributed by atoms with Crippen LogP contribution in [0.1, 0.15) is 31.8 Å². The third-order valence-electron chi connectivity index (χ3n) is 5.42. The Kier molecular flexibility index (Phi) is 9.50. The lowest BCUT2D eigenvalue weighted by Crippen LogP contribution is -2.14. The second-order valence-corrected chi connectivity index (χ2v) is 9.37. The molecule has 0 radical (unpaired) electrons. The van der Waals surface area contributed by atoms with Gasteiger partial charge < -0.3 is 29.1 Å². The molecule has 41 heavy (non-hydrogen) atoms. The summed E-state index contributed by atoms with van der Waals surface area (Å²) in [6, 6.07) is 19.3. The van der Waals surface area contributed by atoms with Crippen molar-refractivity contribution in [1.29, 1.82) is 0 Å². The first kappa shape index (κ1) is 29.0. The number of benzene rings is 4. The van der Waals surface area contributed by atoms with Gasteiger partial charge in [-0.3, -0.25) is 5.26 Å². The average molecular weight is 583 g/mol. The van der Waals surface area contributed by atoms with Crippen molar-refractivity contribution in [2.24, 2.45) is 0 Å². The minimum Gasteiger partial charge on any atom is -0.508 e. The Morgan fingerprint density at radius 2 is 1.44 bits per heavy atom. The molecule has 4 aromatic rings. The summed E-state index contributed by atoms with van der Waals surface area (Å²) in [5.41, 5.74) is 0.361. The molecule has 0 aromatic heterocycles. The highest BCUT2D eigenvalue weighted by Crippen LogP contribution is 2.26. The van der Waals surface area contributed by atoms with E-state index in [0.29, 0.717) is 11.1 Å². The van der Waals surface area contributed by atoms with E-state index in [1.807, 2.05) is 0 Å². The molecule has 0 aliphatic heterocycles. The summed E-state index contributed by atoms with van der Waals surface area (Å²) in [6.45, 7) is -0.208. The van der Waals surface area contributed by atoms with Gasteiger partial charge >= 0.3 is 11.9 Å². The summed E-state index contributed by atoms with van der Waals surface area (Å²) in [5.74, 6) is -2.40. The van der Waals surface area contributed by atoms with Gasteiger partial charge in [0.25, 0.3) is 0 Å². The van der Waals surface area contributed by atoms with Crippen LogP contribution in [0.25, 0.3) is 0 Å². The summed E-state index contributed by atoms with van der Waals surface area (Å²) in [5, 5.41) is 37.4. The molecule has 4 N–H and O–H groups in total. The third-order valence-corrected chi connectivity index (χ3v) is 6.40. The Morgan fingerprint density at radius 3 is 2.22 bits per heavy atom. The highest BCUT2D eigenvalue weighted by molar-refractivity contribution is 7.80. The number of rotatable bonds is 12. The number of hydrogen-bond donors (Lipinski definition) is 4. The third kappa shape index (κ3) is 7.80. The number of aromatic hydroxyl groups is 2. The second-order valence-electron chi connectivity index (χ2n) is 8.26. The Bertz CT molecular complexity index is 1590. The Labute approximate surface area is 235 Å². The van der Waals surface area contributed by atoms with Crippen molar-refractivity contribution in [3.8, 4) is 28.7 Å². The van der Waals surface area contributed by atoms with Gasteiger partial charge in [-0.1, -0.05) is 18.2 Å². The molecule has 0 amide bonds. The summed E-state index contributed by atoms with van der Waals surface area (Å²) in [4.78, 5) is 38.8. The van der Waals surface area contributed by atoms with Crippen molar-refractivity contribution in [3.05, 3.63) is 107 Å². The number of phenols is 2. The molecule has 0 saturated carbocycles. The molecule has 0 aliphatic carbocycles. The summed E-state index contributed by atoms with van der Waals surface area (Å²) >= 11 is -2.06. The lowest BCUT2D eigenvalue weighted by Gasteiger charge is -2.11. The van der Waals surface area contributed by atoms with Crippen LogP contribution >= 0.6 is 0 Å². The van der Waals surface area contributed by atoms with E-state index in [0.717, 1.165) is 18.2 Å². The smallest absolute Gasteiger partial charge is 0.344 e. The van der Waals surface area contributed by atoms with Gasteiger partial charge in [0.05, 0.1) is 16.0 Å². The maximum atomic E-state index is 12.9. The van der Waals surface area contributed by atoms with E-state index in [1.54, 1.807) is 18.2 Å². The Hall–Kier alpha value is -4.95. The van der Waals surface area contributed by atoms with Crippen LogP contribution in [0.2, 0.25) is 0 Å². The van der Waals surface area contributed by atoms with E-state index < -0.39 is 23.0 Å². The van der Waals surface area contributed by atoms with Crippen molar-refractivity contribution in [1.82, 2.24) is 0 Å². The van der Waals surface area contributed by atoms with Gasteiger partial charge in [-0.25, -0.2) is 18.7 Å². The van der Waals surface area contributed by atoms with Crippen LogP contribution in [0.3, 0.4) is 0 Å². The normalized spacial score (nSPS) is 11.4. The quantitative estimate of drug-likeness (QED) is 0.0790. The van der Waals surface area contributed by atoms with Gasteiger partial charge in [-0.15, -0.1) is 0 Å². The first-order chi connectivity index (χ1) is 19.7. The molecule has 12 nitrogen and oxygen atoms in total. The minimum atomic E-state index is -2.06. The van der Waals surface area contributed by atoms with Gasteiger partial charge in [-0.2, -0.15) is 4.89 Å². The maximum absolute atomic E-state index is 12.9. The fourth-order valence-corrected chi connectivity index (χ4v) is 4.30. The van der Waals surface area contributed by atoms with E-state index in [-0.39, 0.29) is 58.0 Å². The number of carbonyl (C=O) groups excluding carboxylic acids is 1. The molecule has 0 bridgehead atoms. The molecule has 212 valence electrons. The molecule has 1 atom stereocenters. The van der Waals surface area contributed by atoms with E-state index in [4.69, 9.17) is 24.0 Å². The molecular weight excluding hydrogens is 560 g/mol. The number of phenolic OH excluding ortho intramolecular Hbond substituents is 2. The van der Waals surface area contributed by atoms with Gasteiger partial charge in [-0.05, 0) is 65.7 Å². The fourth-order valence-electron chi connectivity index (χ4n) is 3.52. The number of carbonyl (C=O) groups is 2. The van der Waals surface area contributed by atoms with E-state index in [9.17, 15) is 29.1 Å². The largest absolute Gasteiger partial charge is 0.508 e. The molecule has 4 aromatic carbocycles. The zero-order valence-electron chi connectivity index (χ0n) is 21.0. The second kappa shape index (κ2) is 13.4. The molecule has 1 unspecified atom stereocenters. The number of ether oxygens (including phenoxy) is 1. The van der Waals surface area contributed by atoms with Crippen LogP contribution in [-0.4, -0.2) is 36.7 Å². The van der Waals surface area contributed by atoms with Crippen molar-refractivity contribution >= 4 is 23.0 Å². The molecule has 4 rings (SSSR count). The Morgan fingerprint density at radius 1 is 0.732 bits per heavy atom. The number of hydrogen-bond acceptors (Lipinski definition) is 11. The maximum Gasteiger partial charge on any atom is 0.344 e. The number of carboxylic acids is 1. The Balaban J connectivity index is 1.39. The zero-order valence-corrected chi connectivity index (χ0v) is 21.8. The average Bonchev–Trinajstić information content (AvgIpc) is 2.94. The first-order valence-electron chi connectivity index (χ1n) is 11.7. The topological polar surface area (TPSA) is 178 Å². The van der Waals surface area contributed by atoms with Crippen LogP contribution < -0.4 is 13.8 Å². The molecular formula is C28H22O12S. The van der Waals surface area contributed by atoms with Crippen molar-refractivity contribution in [2.45, 2.75) is 18.1 Å². The van der Waals surface area contributed by atoms with Crippen LogP contribution in [0.5, 0.6) is 28.7 Å². The minimum absolute atomic E-state index is 0.00799.